The molecule has 0 saturated carbocycles. The van der Waals surface area contributed by atoms with Gasteiger partial charge in [-0.15, -0.1) is 0 Å². The van der Waals surface area contributed by atoms with Crippen LogP contribution >= 0.6 is 15.9 Å². The number of rotatable bonds is 2. The van der Waals surface area contributed by atoms with E-state index in [1.807, 2.05) is 5.32 Å². The molecule has 0 atom stereocenters. The molecule has 1 aromatic rings. The monoisotopic (exact) mass is 315 g/mol. The molecule has 1 amide bonds. The van der Waals surface area contributed by atoms with Gasteiger partial charge in [-0.25, -0.2) is 9.18 Å². The van der Waals surface area contributed by atoms with Crippen molar-refractivity contribution in [1.82, 2.24) is 0 Å². The first kappa shape index (κ1) is 13.8. The zero-order chi connectivity index (χ0) is 13.1. The highest BCUT2D eigenvalue weighted by molar-refractivity contribution is 9.10. The molecule has 1 rings (SSSR count). The Hall–Kier alpha value is -1.31. The predicted molar refractivity (Wildman–Crippen MR) is 55.1 cm³/mol. The third-order valence-electron chi connectivity index (χ3n) is 1.53. The lowest BCUT2D eigenvalue weighted by atomic mass is 10.3. The van der Waals surface area contributed by atoms with E-state index in [0.717, 1.165) is 6.07 Å². The number of carbonyl (C=O) groups is 1. The molecule has 0 aromatic heterocycles. The Labute approximate surface area is 102 Å². The van der Waals surface area contributed by atoms with Gasteiger partial charge >= 0.3 is 12.3 Å². The van der Waals surface area contributed by atoms with Crippen LogP contribution in [-0.2, 0) is 4.74 Å². The Balaban J connectivity index is 2.59. The van der Waals surface area contributed by atoms with Gasteiger partial charge in [-0.2, -0.15) is 13.2 Å². The number of amides is 1. The minimum atomic E-state index is -4.62. The first-order chi connectivity index (χ1) is 7.78. The SMILES string of the molecule is O=C(Nc1cc(Br)ccc1F)OCC(F)(F)F. The van der Waals surface area contributed by atoms with Crippen molar-refractivity contribution < 1.29 is 27.1 Å². The van der Waals surface area contributed by atoms with Gasteiger partial charge in [0.25, 0.3) is 0 Å². The van der Waals surface area contributed by atoms with Crippen molar-refractivity contribution >= 4 is 27.7 Å². The number of alkyl halides is 3. The smallest absolute Gasteiger partial charge is 0.422 e. The molecular weight excluding hydrogens is 310 g/mol. The number of halogens is 5. The van der Waals surface area contributed by atoms with Crippen molar-refractivity contribution in [2.24, 2.45) is 0 Å². The van der Waals surface area contributed by atoms with Crippen LogP contribution in [0.3, 0.4) is 0 Å². The van der Waals surface area contributed by atoms with Gasteiger partial charge < -0.3 is 4.74 Å². The average molecular weight is 316 g/mol. The van der Waals surface area contributed by atoms with E-state index < -0.39 is 24.7 Å². The Kier molecular flexibility index (Phi) is 4.33. The fourth-order valence-electron chi connectivity index (χ4n) is 0.887. The summed E-state index contributed by atoms with van der Waals surface area (Å²) in [7, 11) is 0. The fraction of sp³-hybridized carbons (Fsp3) is 0.222. The van der Waals surface area contributed by atoms with Crippen LogP contribution in [0, 0.1) is 5.82 Å². The number of benzene rings is 1. The molecule has 0 spiro atoms. The molecule has 3 nitrogen and oxygen atoms in total. The summed E-state index contributed by atoms with van der Waals surface area (Å²) in [5, 5.41) is 1.86. The number of nitrogens with one attached hydrogen (secondary N) is 1. The second-order valence-electron chi connectivity index (χ2n) is 2.94. The van der Waals surface area contributed by atoms with Crippen molar-refractivity contribution in [1.29, 1.82) is 0 Å². The van der Waals surface area contributed by atoms with E-state index in [2.05, 4.69) is 20.7 Å². The van der Waals surface area contributed by atoms with Crippen LogP contribution in [-0.4, -0.2) is 18.9 Å². The Morgan fingerprint density at radius 1 is 1.41 bits per heavy atom. The Morgan fingerprint density at radius 3 is 2.65 bits per heavy atom. The molecule has 0 aliphatic carbocycles. The summed E-state index contributed by atoms with van der Waals surface area (Å²) in [5.74, 6) is -0.780. The standard InChI is InChI=1S/C9H6BrF4NO2/c10-5-1-2-6(11)7(3-5)15-8(16)17-4-9(12,13)14/h1-3H,4H2,(H,15,16). The summed E-state index contributed by atoms with van der Waals surface area (Å²) >= 11 is 3.02. The van der Waals surface area contributed by atoms with Crippen LogP contribution in [0.5, 0.6) is 0 Å². The van der Waals surface area contributed by atoms with Gasteiger partial charge in [0.1, 0.15) is 5.82 Å². The molecule has 17 heavy (non-hydrogen) atoms. The third kappa shape index (κ3) is 5.03. The van der Waals surface area contributed by atoms with Crippen LogP contribution in [0.25, 0.3) is 0 Å². The molecule has 0 saturated heterocycles. The number of carbonyl (C=O) groups excluding carboxylic acids is 1. The van der Waals surface area contributed by atoms with Crippen molar-refractivity contribution in [3.05, 3.63) is 28.5 Å². The zero-order valence-electron chi connectivity index (χ0n) is 8.15. The molecule has 94 valence electrons. The van der Waals surface area contributed by atoms with Crippen LogP contribution in [0.2, 0.25) is 0 Å². The lowest BCUT2D eigenvalue weighted by Crippen LogP contribution is -2.23. The van der Waals surface area contributed by atoms with Crippen LogP contribution < -0.4 is 5.32 Å². The van der Waals surface area contributed by atoms with E-state index in [-0.39, 0.29) is 5.69 Å². The molecule has 1 aromatic carbocycles. The van der Waals surface area contributed by atoms with Crippen molar-refractivity contribution in [2.45, 2.75) is 6.18 Å². The quantitative estimate of drug-likeness (QED) is 0.845. The molecule has 0 heterocycles. The highest BCUT2D eigenvalue weighted by Gasteiger charge is 2.29. The lowest BCUT2D eigenvalue weighted by molar-refractivity contribution is -0.159. The van der Waals surface area contributed by atoms with Crippen molar-refractivity contribution in [2.75, 3.05) is 11.9 Å². The maximum atomic E-state index is 13.1. The average Bonchev–Trinajstić information content (AvgIpc) is 2.20. The van der Waals surface area contributed by atoms with Gasteiger partial charge in [-0.05, 0) is 18.2 Å². The molecule has 0 unspecified atom stereocenters. The Bertz CT molecular complexity index is 422. The zero-order valence-corrected chi connectivity index (χ0v) is 9.73. The summed E-state index contributed by atoms with van der Waals surface area (Å²) in [4.78, 5) is 10.9. The molecular formula is C9H6BrF4NO2. The minimum Gasteiger partial charge on any atom is -0.440 e. The van der Waals surface area contributed by atoms with E-state index in [4.69, 9.17) is 0 Å². The van der Waals surface area contributed by atoms with E-state index >= 15 is 0 Å². The summed E-state index contributed by atoms with van der Waals surface area (Å²) in [6.45, 7) is -1.73. The van der Waals surface area contributed by atoms with Gasteiger partial charge in [-0.3, -0.25) is 5.32 Å². The van der Waals surface area contributed by atoms with Gasteiger partial charge in [0.15, 0.2) is 6.61 Å². The van der Waals surface area contributed by atoms with Crippen molar-refractivity contribution in [3.8, 4) is 0 Å². The highest BCUT2D eigenvalue weighted by Crippen LogP contribution is 2.20. The van der Waals surface area contributed by atoms with Crippen LogP contribution in [0.1, 0.15) is 0 Å². The summed E-state index contributed by atoms with van der Waals surface area (Å²) < 4.78 is 52.5. The van der Waals surface area contributed by atoms with Crippen LogP contribution in [0.15, 0.2) is 22.7 Å². The number of hydrogen-bond acceptors (Lipinski definition) is 2. The topological polar surface area (TPSA) is 38.3 Å². The number of hydrogen-bond donors (Lipinski definition) is 1. The molecule has 0 aliphatic rings. The van der Waals surface area contributed by atoms with Crippen LogP contribution in [0.4, 0.5) is 28.0 Å². The summed E-state index contributed by atoms with van der Waals surface area (Å²) in [6, 6.07) is 3.62. The van der Waals surface area contributed by atoms with Gasteiger partial charge in [0, 0.05) is 4.47 Å². The maximum Gasteiger partial charge on any atom is 0.422 e. The van der Waals surface area contributed by atoms with Crippen molar-refractivity contribution in [3.63, 3.8) is 0 Å². The third-order valence-corrected chi connectivity index (χ3v) is 2.03. The fourth-order valence-corrected chi connectivity index (χ4v) is 1.25. The maximum absolute atomic E-state index is 13.1. The number of anilines is 1. The van der Waals surface area contributed by atoms with Gasteiger partial charge in [0.05, 0.1) is 5.69 Å². The molecule has 0 fully saturated rings. The van der Waals surface area contributed by atoms with E-state index in [1.165, 1.54) is 12.1 Å². The van der Waals surface area contributed by atoms with E-state index in [9.17, 15) is 22.4 Å². The highest BCUT2D eigenvalue weighted by atomic mass is 79.9. The molecule has 1 N–H and O–H groups in total. The lowest BCUT2D eigenvalue weighted by Gasteiger charge is -2.09. The first-order valence-electron chi connectivity index (χ1n) is 4.23. The first-order valence-corrected chi connectivity index (χ1v) is 5.03. The number of ether oxygens (including phenoxy) is 1. The summed E-state index contributed by atoms with van der Waals surface area (Å²) in [6.07, 6.45) is -5.99. The van der Waals surface area contributed by atoms with Gasteiger partial charge in [0.2, 0.25) is 0 Å². The summed E-state index contributed by atoms with van der Waals surface area (Å²) in [5.41, 5.74) is -0.272. The minimum absolute atomic E-state index is 0.272. The predicted octanol–water partition coefficient (Wildman–Crippen LogP) is 3.70. The van der Waals surface area contributed by atoms with E-state index in [1.54, 1.807) is 0 Å². The second kappa shape index (κ2) is 5.35. The molecule has 0 radical (unpaired) electrons. The second-order valence-corrected chi connectivity index (χ2v) is 3.86. The molecule has 0 aliphatic heterocycles. The van der Waals surface area contributed by atoms with E-state index in [0.29, 0.717) is 4.47 Å². The Morgan fingerprint density at radius 2 is 2.06 bits per heavy atom. The molecule has 0 bridgehead atoms. The largest absolute Gasteiger partial charge is 0.440 e. The molecule has 8 heteroatoms. The van der Waals surface area contributed by atoms with Gasteiger partial charge in [-0.1, -0.05) is 15.9 Å². The normalized spacial score (nSPS) is 11.1.